The van der Waals surface area contributed by atoms with Gasteiger partial charge in [-0.1, -0.05) is 6.07 Å². The van der Waals surface area contributed by atoms with Gasteiger partial charge in [0.05, 0.1) is 0 Å². The second kappa shape index (κ2) is 7.21. The Bertz CT molecular complexity index is 553. The van der Waals surface area contributed by atoms with Crippen LogP contribution in [0, 0.1) is 0 Å². The first-order valence-corrected chi connectivity index (χ1v) is 8.05. The first-order valence-electron chi connectivity index (χ1n) is 7.17. The summed E-state index contributed by atoms with van der Waals surface area (Å²) in [5.41, 5.74) is 5.79. The molecule has 0 aliphatic carbocycles. The fourth-order valence-corrected chi connectivity index (χ4v) is 2.93. The lowest BCUT2D eigenvalue weighted by Crippen LogP contribution is -2.26. The smallest absolute Gasteiger partial charge is 0.231 e. The quantitative estimate of drug-likeness (QED) is 0.817. The average molecular weight is 306 g/mol. The van der Waals surface area contributed by atoms with Gasteiger partial charge in [-0.3, -0.25) is 0 Å². The molecule has 2 heterocycles. The zero-order valence-corrected chi connectivity index (χ0v) is 13.5. The summed E-state index contributed by atoms with van der Waals surface area (Å²) in [5.74, 6) is 1.41. The van der Waals surface area contributed by atoms with E-state index in [1.54, 1.807) is 11.3 Å². The Kier molecular flexibility index (Phi) is 5.32. The maximum absolute atomic E-state index is 5.79. The van der Waals surface area contributed by atoms with Crippen LogP contribution in [0.4, 0.5) is 17.8 Å². The fraction of sp³-hybridized carbons (Fsp3) is 0.500. The minimum Gasteiger partial charge on any atom is -0.368 e. The summed E-state index contributed by atoms with van der Waals surface area (Å²) in [6.45, 7) is 7.91. The zero-order chi connectivity index (χ0) is 15.2. The molecule has 0 aliphatic heterocycles. The number of nitrogens with two attached hydrogens (primary N) is 1. The number of nitrogen functional groups attached to an aromatic ring is 1. The molecule has 6 nitrogen and oxygen atoms in total. The molecule has 0 aromatic carbocycles. The van der Waals surface area contributed by atoms with E-state index in [1.165, 1.54) is 4.88 Å². The third-order valence-electron chi connectivity index (χ3n) is 3.15. The fourth-order valence-electron chi connectivity index (χ4n) is 2.10. The summed E-state index contributed by atoms with van der Waals surface area (Å²) in [7, 11) is 0. The molecule has 0 aliphatic rings. The molecule has 0 radical (unpaired) electrons. The van der Waals surface area contributed by atoms with E-state index in [0.717, 1.165) is 19.5 Å². The monoisotopic (exact) mass is 306 g/mol. The van der Waals surface area contributed by atoms with Gasteiger partial charge in [0.1, 0.15) is 0 Å². The molecular weight excluding hydrogens is 284 g/mol. The maximum Gasteiger partial charge on any atom is 0.231 e. The summed E-state index contributed by atoms with van der Waals surface area (Å²) in [4.78, 5) is 16.2. The number of rotatable bonds is 7. The number of nitrogens with zero attached hydrogens (tertiary/aromatic N) is 4. The molecule has 1 unspecified atom stereocenters. The third kappa shape index (κ3) is 4.29. The van der Waals surface area contributed by atoms with Crippen molar-refractivity contribution in [2.75, 3.05) is 29.0 Å². The van der Waals surface area contributed by atoms with Gasteiger partial charge in [-0.25, -0.2) is 0 Å². The molecule has 2 aromatic rings. The van der Waals surface area contributed by atoms with Gasteiger partial charge in [0.15, 0.2) is 0 Å². The van der Waals surface area contributed by atoms with Crippen molar-refractivity contribution in [2.45, 2.75) is 33.2 Å². The van der Waals surface area contributed by atoms with Crippen LogP contribution in [-0.4, -0.2) is 34.1 Å². The van der Waals surface area contributed by atoms with Crippen molar-refractivity contribution >= 4 is 29.2 Å². The lowest BCUT2D eigenvalue weighted by Gasteiger charge is -2.20. The summed E-state index contributed by atoms with van der Waals surface area (Å²) in [6, 6.07) is 4.42. The van der Waals surface area contributed by atoms with Gasteiger partial charge in [0, 0.05) is 30.4 Å². The standard InChI is InChI=1S/C14H22N6S/c1-4-20(5-2)14-18-12(15)17-13(19-14)16-10(3)9-11-7-6-8-21-11/h6-8,10H,4-5,9H2,1-3H3,(H3,15,16,17,18,19). The van der Waals surface area contributed by atoms with Crippen molar-refractivity contribution in [1.29, 1.82) is 0 Å². The van der Waals surface area contributed by atoms with Crippen molar-refractivity contribution in [3.8, 4) is 0 Å². The van der Waals surface area contributed by atoms with Crippen LogP contribution in [0.1, 0.15) is 25.6 Å². The molecule has 21 heavy (non-hydrogen) atoms. The molecule has 114 valence electrons. The lowest BCUT2D eigenvalue weighted by atomic mass is 10.2. The van der Waals surface area contributed by atoms with E-state index in [0.29, 0.717) is 11.9 Å². The van der Waals surface area contributed by atoms with Crippen LogP contribution in [-0.2, 0) is 6.42 Å². The van der Waals surface area contributed by atoms with E-state index in [9.17, 15) is 0 Å². The number of aromatic nitrogens is 3. The topological polar surface area (TPSA) is 80.0 Å². The molecule has 3 N–H and O–H groups in total. The van der Waals surface area contributed by atoms with Crippen LogP contribution in [0.2, 0.25) is 0 Å². The van der Waals surface area contributed by atoms with Gasteiger partial charge >= 0.3 is 0 Å². The summed E-state index contributed by atoms with van der Waals surface area (Å²) in [5, 5.41) is 5.39. The number of anilines is 3. The zero-order valence-electron chi connectivity index (χ0n) is 12.7. The Hall–Kier alpha value is -1.89. The summed E-state index contributed by atoms with van der Waals surface area (Å²) in [6.07, 6.45) is 0.934. The molecular formula is C14H22N6S. The van der Waals surface area contributed by atoms with Crippen molar-refractivity contribution in [2.24, 2.45) is 0 Å². The third-order valence-corrected chi connectivity index (χ3v) is 4.05. The molecule has 0 spiro atoms. The number of thiophene rings is 1. The minimum atomic E-state index is 0.231. The highest BCUT2D eigenvalue weighted by Gasteiger charge is 2.12. The van der Waals surface area contributed by atoms with E-state index >= 15 is 0 Å². The highest BCUT2D eigenvalue weighted by Crippen LogP contribution is 2.15. The van der Waals surface area contributed by atoms with E-state index in [-0.39, 0.29) is 12.0 Å². The SMILES string of the molecule is CCN(CC)c1nc(N)nc(NC(C)Cc2cccs2)n1. The average Bonchev–Trinajstić information content (AvgIpc) is 2.92. The molecule has 2 aromatic heterocycles. The van der Waals surface area contributed by atoms with Crippen molar-refractivity contribution in [3.05, 3.63) is 22.4 Å². The Labute approximate surface area is 129 Å². The Morgan fingerprint density at radius 2 is 2.05 bits per heavy atom. The van der Waals surface area contributed by atoms with Crippen LogP contribution in [0.25, 0.3) is 0 Å². The molecule has 0 saturated carbocycles. The lowest BCUT2D eigenvalue weighted by molar-refractivity contribution is 0.773. The Morgan fingerprint density at radius 3 is 2.67 bits per heavy atom. The molecule has 0 fully saturated rings. The van der Waals surface area contributed by atoms with Gasteiger partial charge in [-0.05, 0) is 32.2 Å². The summed E-state index contributed by atoms with van der Waals surface area (Å²) >= 11 is 1.75. The minimum absolute atomic E-state index is 0.231. The van der Waals surface area contributed by atoms with Gasteiger partial charge in [-0.15, -0.1) is 11.3 Å². The number of hydrogen-bond acceptors (Lipinski definition) is 7. The van der Waals surface area contributed by atoms with Crippen LogP contribution in [0.3, 0.4) is 0 Å². The van der Waals surface area contributed by atoms with Gasteiger partial charge < -0.3 is 16.0 Å². The number of hydrogen-bond donors (Lipinski definition) is 2. The van der Waals surface area contributed by atoms with E-state index in [2.05, 4.69) is 58.6 Å². The van der Waals surface area contributed by atoms with Gasteiger partial charge in [0.2, 0.25) is 17.8 Å². The predicted molar refractivity (Wildman–Crippen MR) is 88.9 cm³/mol. The molecule has 1 atom stereocenters. The van der Waals surface area contributed by atoms with E-state index in [4.69, 9.17) is 5.73 Å². The molecule has 0 amide bonds. The first kappa shape index (κ1) is 15.5. The maximum atomic E-state index is 5.79. The Morgan fingerprint density at radius 1 is 1.29 bits per heavy atom. The molecule has 0 saturated heterocycles. The first-order chi connectivity index (χ1) is 10.1. The second-order valence-corrected chi connectivity index (χ2v) is 5.85. The van der Waals surface area contributed by atoms with Crippen molar-refractivity contribution < 1.29 is 0 Å². The van der Waals surface area contributed by atoms with Crippen molar-refractivity contribution in [3.63, 3.8) is 0 Å². The number of nitrogens with one attached hydrogen (secondary N) is 1. The van der Waals surface area contributed by atoms with Crippen LogP contribution in [0.15, 0.2) is 17.5 Å². The highest BCUT2D eigenvalue weighted by atomic mass is 32.1. The predicted octanol–water partition coefficient (Wildman–Crippen LogP) is 2.40. The Balaban J connectivity index is 2.08. The molecule has 7 heteroatoms. The largest absolute Gasteiger partial charge is 0.368 e. The molecule has 0 bridgehead atoms. The van der Waals surface area contributed by atoms with E-state index in [1.807, 2.05) is 4.90 Å². The van der Waals surface area contributed by atoms with Gasteiger partial charge in [0.25, 0.3) is 0 Å². The van der Waals surface area contributed by atoms with Crippen LogP contribution < -0.4 is 16.0 Å². The van der Waals surface area contributed by atoms with E-state index < -0.39 is 0 Å². The van der Waals surface area contributed by atoms with Crippen LogP contribution >= 0.6 is 11.3 Å². The van der Waals surface area contributed by atoms with Crippen molar-refractivity contribution in [1.82, 2.24) is 15.0 Å². The molecule has 2 rings (SSSR count). The highest BCUT2D eigenvalue weighted by molar-refractivity contribution is 7.09. The normalized spacial score (nSPS) is 12.1. The van der Waals surface area contributed by atoms with Crippen LogP contribution in [0.5, 0.6) is 0 Å². The second-order valence-electron chi connectivity index (χ2n) is 4.82. The van der Waals surface area contributed by atoms with Gasteiger partial charge in [-0.2, -0.15) is 15.0 Å². The summed E-state index contributed by atoms with van der Waals surface area (Å²) < 4.78 is 0.